The van der Waals surface area contributed by atoms with Gasteiger partial charge in [-0.15, -0.1) is 10.2 Å². The summed E-state index contributed by atoms with van der Waals surface area (Å²) < 4.78 is 5.85. The molecule has 28 heavy (non-hydrogen) atoms. The van der Waals surface area contributed by atoms with Crippen LogP contribution in [0.25, 0.3) is 33.3 Å². The molecule has 7 nitrogen and oxygen atoms in total. The molecule has 0 saturated heterocycles. The Bertz CT molecular complexity index is 1350. The average molecular weight is 389 g/mol. The van der Waals surface area contributed by atoms with Gasteiger partial charge in [-0.2, -0.15) is 0 Å². The van der Waals surface area contributed by atoms with E-state index in [1.165, 1.54) is 11.8 Å². The highest BCUT2D eigenvalue weighted by atomic mass is 32.2. The van der Waals surface area contributed by atoms with Crippen LogP contribution < -0.4 is 5.56 Å². The van der Waals surface area contributed by atoms with Gasteiger partial charge in [0.15, 0.2) is 0 Å². The van der Waals surface area contributed by atoms with E-state index in [9.17, 15) is 4.79 Å². The lowest BCUT2D eigenvalue weighted by Crippen LogP contribution is -2.12. The fraction of sp³-hybridized carbons (Fsp3) is 0.100. The molecule has 0 aliphatic carbocycles. The summed E-state index contributed by atoms with van der Waals surface area (Å²) in [6, 6.07) is 15.2. The summed E-state index contributed by atoms with van der Waals surface area (Å²) in [7, 11) is 0. The number of nitrogens with one attached hydrogen (secondary N) is 2. The summed E-state index contributed by atoms with van der Waals surface area (Å²) in [5.74, 6) is 1.02. The number of H-pyrrole nitrogens is 2. The predicted molar refractivity (Wildman–Crippen MR) is 108 cm³/mol. The van der Waals surface area contributed by atoms with Gasteiger partial charge in [0.25, 0.3) is 16.7 Å². The van der Waals surface area contributed by atoms with Crippen molar-refractivity contribution in [3.8, 4) is 11.5 Å². The second kappa shape index (κ2) is 6.65. The van der Waals surface area contributed by atoms with Crippen LogP contribution in [-0.4, -0.2) is 25.1 Å². The fourth-order valence-corrected chi connectivity index (χ4v) is 3.86. The van der Waals surface area contributed by atoms with Gasteiger partial charge in [0.2, 0.25) is 0 Å². The highest BCUT2D eigenvalue weighted by Crippen LogP contribution is 2.35. The van der Waals surface area contributed by atoms with Crippen LogP contribution in [0.4, 0.5) is 0 Å². The molecule has 0 aliphatic rings. The lowest BCUT2D eigenvalue weighted by Gasteiger charge is -2.08. The van der Waals surface area contributed by atoms with Gasteiger partial charge in [-0.3, -0.25) is 4.79 Å². The van der Waals surface area contributed by atoms with Crippen LogP contribution >= 0.6 is 11.8 Å². The van der Waals surface area contributed by atoms with Crippen molar-refractivity contribution < 1.29 is 4.42 Å². The standard InChI is InChI=1S/C20H15N5O2S/c1-11(17-22-16-9-5-3-7-13(16)18(26)23-17)28-20-25-24-19(27-20)14-10-21-15-8-4-2-6-12(14)15/h2-11,21H,1H3,(H,22,23,26)/t11-/m1/s1. The third kappa shape index (κ3) is 2.87. The van der Waals surface area contributed by atoms with E-state index in [1.807, 2.05) is 55.6 Å². The molecule has 138 valence electrons. The monoisotopic (exact) mass is 389 g/mol. The maximum atomic E-state index is 12.3. The lowest BCUT2D eigenvalue weighted by molar-refractivity contribution is 0.465. The molecule has 1 atom stereocenters. The number of para-hydroxylation sites is 2. The zero-order valence-corrected chi connectivity index (χ0v) is 15.7. The molecular weight excluding hydrogens is 374 g/mol. The topological polar surface area (TPSA) is 100 Å². The van der Waals surface area contributed by atoms with Crippen LogP contribution in [0.3, 0.4) is 0 Å². The number of thioether (sulfide) groups is 1. The Morgan fingerprint density at radius 2 is 1.82 bits per heavy atom. The van der Waals surface area contributed by atoms with Crippen molar-refractivity contribution in [1.29, 1.82) is 0 Å². The molecule has 0 radical (unpaired) electrons. The fourth-order valence-electron chi connectivity index (χ4n) is 3.12. The Hall–Kier alpha value is -3.39. The van der Waals surface area contributed by atoms with Gasteiger partial charge in [-0.05, 0) is 25.1 Å². The number of aromatic amines is 2. The van der Waals surface area contributed by atoms with Gasteiger partial charge < -0.3 is 14.4 Å². The molecule has 0 amide bonds. The number of hydrogen-bond donors (Lipinski definition) is 2. The van der Waals surface area contributed by atoms with E-state index in [-0.39, 0.29) is 10.8 Å². The van der Waals surface area contributed by atoms with Gasteiger partial charge in [-0.1, -0.05) is 42.1 Å². The van der Waals surface area contributed by atoms with Gasteiger partial charge in [0.1, 0.15) is 5.82 Å². The minimum atomic E-state index is -0.159. The van der Waals surface area contributed by atoms with Crippen LogP contribution in [0.15, 0.2) is 69.2 Å². The molecule has 3 heterocycles. The molecule has 0 bridgehead atoms. The van der Waals surface area contributed by atoms with Crippen molar-refractivity contribution in [3.05, 3.63) is 70.9 Å². The first-order chi connectivity index (χ1) is 13.7. The molecule has 0 aliphatic heterocycles. The van der Waals surface area contributed by atoms with Gasteiger partial charge in [0.05, 0.1) is 21.7 Å². The van der Waals surface area contributed by atoms with Crippen LogP contribution in [-0.2, 0) is 0 Å². The number of nitrogens with zero attached hydrogens (tertiary/aromatic N) is 3. The van der Waals surface area contributed by atoms with E-state index < -0.39 is 0 Å². The van der Waals surface area contributed by atoms with E-state index in [1.54, 1.807) is 6.07 Å². The molecule has 2 aromatic carbocycles. The minimum Gasteiger partial charge on any atom is -0.411 e. The normalized spacial score (nSPS) is 12.6. The van der Waals surface area contributed by atoms with Crippen molar-refractivity contribution >= 4 is 33.6 Å². The highest BCUT2D eigenvalue weighted by molar-refractivity contribution is 7.99. The van der Waals surface area contributed by atoms with Crippen LogP contribution in [0, 0.1) is 0 Å². The predicted octanol–water partition coefficient (Wildman–Crippen LogP) is 4.31. The molecule has 0 spiro atoms. The first-order valence-corrected chi connectivity index (χ1v) is 9.62. The Balaban J connectivity index is 1.43. The summed E-state index contributed by atoms with van der Waals surface area (Å²) >= 11 is 1.35. The van der Waals surface area contributed by atoms with Crippen molar-refractivity contribution in [1.82, 2.24) is 25.1 Å². The van der Waals surface area contributed by atoms with Gasteiger partial charge in [0, 0.05) is 17.1 Å². The number of benzene rings is 2. The Kier molecular flexibility index (Phi) is 3.98. The number of hydrogen-bond acceptors (Lipinski definition) is 6. The summed E-state index contributed by atoms with van der Waals surface area (Å²) in [5, 5.41) is 10.2. The molecule has 0 fully saturated rings. The average Bonchev–Trinajstić information content (AvgIpc) is 3.34. The van der Waals surface area contributed by atoms with Crippen LogP contribution in [0.5, 0.6) is 0 Å². The zero-order valence-electron chi connectivity index (χ0n) is 14.8. The molecule has 8 heteroatoms. The second-order valence-electron chi connectivity index (χ2n) is 6.35. The number of fused-ring (bicyclic) bond motifs is 2. The quantitative estimate of drug-likeness (QED) is 0.444. The smallest absolute Gasteiger partial charge is 0.277 e. The Labute approximate surface area is 163 Å². The third-order valence-corrected chi connectivity index (χ3v) is 5.46. The van der Waals surface area contributed by atoms with E-state index in [0.29, 0.717) is 27.8 Å². The summed E-state index contributed by atoms with van der Waals surface area (Å²) in [6.07, 6.45) is 1.86. The first kappa shape index (κ1) is 16.8. The maximum Gasteiger partial charge on any atom is 0.277 e. The van der Waals surface area contributed by atoms with Gasteiger partial charge >= 0.3 is 0 Å². The Morgan fingerprint density at radius 1 is 1.04 bits per heavy atom. The molecular formula is C20H15N5O2S. The second-order valence-corrected chi connectivity index (χ2v) is 7.64. The summed E-state index contributed by atoms with van der Waals surface area (Å²) in [4.78, 5) is 22.9. The third-order valence-electron chi connectivity index (χ3n) is 4.52. The van der Waals surface area contributed by atoms with E-state index in [0.717, 1.165) is 16.5 Å². The minimum absolute atomic E-state index is 0.155. The molecule has 5 aromatic rings. The maximum absolute atomic E-state index is 12.3. The molecule has 2 N–H and O–H groups in total. The number of rotatable bonds is 4. The van der Waals surface area contributed by atoms with Crippen molar-refractivity contribution in [3.63, 3.8) is 0 Å². The zero-order chi connectivity index (χ0) is 19.1. The van der Waals surface area contributed by atoms with Crippen LogP contribution in [0.1, 0.15) is 18.0 Å². The van der Waals surface area contributed by atoms with Crippen molar-refractivity contribution in [2.45, 2.75) is 17.4 Å². The summed E-state index contributed by atoms with van der Waals surface area (Å²) in [6.45, 7) is 1.94. The van der Waals surface area contributed by atoms with Crippen LogP contribution in [0.2, 0.25) is 0 Å². The van der Waals surface area contributed by atoms with Crippen molar-refractivity contribution in [2.75, 3.05) is 0 Å². The SMILES string of the molecule is C[C@@H](Sc1nnc(-c2c[nH]c3ccccc23)o1)c1nc2ccccc2c(=O)[nH]1. The lowest BCUT2D eigenvalue weighted by atomic mass is 10.2. The molecule has 5 rings (SSSR count). The van der Waals surface area contributed by atoms with E-state index >= 15 is 0 Å². The number of aromatic nitrogens is 5. The van der Waals surface area contributed by atoms with E-state index in [4.69, 9.17) is 4.42 Å². The van der Waals surface area contributed by atoms with Gasteiger partial charge in [-0.25, -0.2) is 4.98 Å². The summed E-state index contributed by atoms with van der Waals surface area (Å²) in [5.41, 5.74) is 2.38. The Morgan fingerprint density at radius 3 is 2.71 bits per heavy atom. The highest BCUT2D eigenvalue weighted by Gasteiger charge is 2.18. The molecule has 0 saturated carbocycles. The molecule has 3 aromatic heterocycles. The largest absolute Gasteiger partial charge is 0.411 e. The molecule has 0 unspecified atom stereocenters. The first-order valence-electron chi connectivity index (χ1n) is 8.74. The van der Waals surface area contributed by atoms with Crippen molar-refractivity contribution in [2.24, 2.45) is 0 Å². The van der Waals surface area contributed by atoms with E-state index in [2.05, 4.69) is 25.1 Å².